The van der Waals surface area contributed by atoms with E-state index in [2.05, 4.69) is 37.5 Å². The molecule has 0 spiro atoms. The van der Waals surface area contributed by atoms with Crippen molar-refractivity contribution < 1.29 is 4.74 Å². The summed E-state index contributed by atoms with van der Waals surface area (Å²) in [5, 5.41) is 3.45. The van der Waals surface area contributed by atoms with Gasteiger partial charge in [0.1, 0.15) is 5.75 Å². The van der Waals surface area contributed by atoms with Crippen molar-refractivity contribution in [3.63, 3.8) is 0 Å². The smallest absolute Gasteiger partial charge is 0.119 e. The summed E-state index contributed by atoms with van der Waals surface area (Å²) >= 11 is 0. The van der Waals surface area contributed by atoms with Gasteiger partial charge in [-0.1, -0.05) is 6.07 Å². The van der Waals surface area contributed by atoms with Crippen LogP contribution >= 0.6 is 0 Å². The molecule has 1 aromatic rings. The SMILES string of the molecule is CNC(CCc1ccc(OC)cc1C)C1CC1. The van der Waals surface area contributed by atoms with Crippen LogP contribution in [-0.2, 0) is 6.42 Å². The van der Waals surface area contributed by atoms with Crippen LogP contribution in [0.4, 0.5) is 0 Å². The molecule has 1 aliphatic rings. The van der Waals surface area contributed by atoms with Gasteiger partial charge in [-0.05, 0) is 68.8 Å². The average Bonchev–Trinajstić information content (AvgIpc) is 3.16. The van der Waals surface area contributed by atoms with Crippen LogP contribution in [0.1, 0.15) is 30.4 Å². The second kappa shape index (κ2) is 5.54. The Kier molecular flexibility index (Phi) is 4.06. The Morgan fingerprint density at radius 1 is 1.41 bits per heavy atom. The average molecular weight is 233 g/mol. The summed E-state index contributed by atoms with van der Waals surface area (Å²) in [4.78, 5) is 0. The molecule has 0 bridgehead atoms. The number of hydrogen-bond donors (Lipinski definition) is 1. The maximum absolute atomic E-state index is 5.23. The van der Waals surface area contributed by atoms with Crippen LogP contribution in [0.2, 0.25) is 0 Å². The molecule has 0 amide bonds. The molecule has 0 aliphatic heterocycles. The first-order valence-corrected chi connectivity index (χ1v) is 6.55. The number of aryl methyl sites for hydroxylation is 2. The topological polar surface area (TPSA) is 21.3 Å². The van der Waals surface area contributed by atoms with Crippen LogP contribution in [0.5, 0.6) is 5.75 Å². The van der Waals surface area contributed by atoms with Gasteiger partial charge in [-0.15, -0.1) is 0 Å². The van der Waals surface area contributed by atoms with E-state index in [1.807, 2.05) is 0 Å². The van der Waals surface area contributed by atoms with Gasteiger partial charge in [0.25, 0.3) is 0 Å². The lowest BCUT2D eigenvalue weighted by Gasteiger charge is -2.16. The molecule has 1 N–H and O–H groups in total. The van der Waals surface area contributed by atoms with Gasteiger partial charge in [0.2, 0.25) is 0 Å². The minimum atomic E-state index is 0.705. The van der Waals surface area contributed by atoms with Crippen LogP contribution in [0.3, 0.4) is 0 Å². The van der Waals surface area contributed by atoms with Gasteiger partial charge in [0.05, 0.1) is 7.11 Å². The van der Waals surface area contributed by atoms with Gasteiger partial charge < -0.3 is 10.1 Å². The quantitative estimate of drug-likeness (QED) is 0.815. The zero-order chi connectivity index (χ0) is 12.3. The van der Waals surface area contributed by atoms with Gasteiger partial charge >= 0.3 is 0 Å². The van der Waals surface area contributed by atoms with Crippen LogP contribution in [0, 0.1) is 12.8 Å². The van der Waals surface area contributed by atoms with Crippen LogP contribution < -0.4 is 10.1 Å². The third-order valence-corrected chi connectivity index (χ3v) is 3.84. The third-order valence-electron chi connectivity index (χ3n) is 3.84. The molecule has 1 aromatic carbocycles. The summed E-state index contributed by atoms with van der Waals surface area (Å²) in [7, 11) is 3.81. The van der Waals surface area contributed by atoms with Crippen molar-refractivity contribution >= 4 is 0 Å². The monoisotopic (exact) mass is 233 g/mol. The Balaban J connectivity index is 1.93. The van der Waals surface area contributed by atoms with Crippen LogP contribution in [0.25, 0.3) is 0 Å². The normalized spacial score (nSPS) is 16.9. The second-order valence-electron chi connectivity index (χ2n) is 5.06. The highest BCUT2D eigenvalue weighted by Gasteiger charge is 2.29. The van der Waals surface area contributed by atoms with E-state index in [4.69, 9.17) is 4.74 Å². The molecule has 17 heavy (non-hydrogen) atoms. The summed E-state index contributed by atoms with van der Waals surface area (Å²) in [6.07, 6.45) is 5.23. The number of rotatable bonds is 6. The molecule has 2 nitrogen and oxygen atoms in total. The predicted molar refractivity (Wildman–Crippen MR) is 71.6 cm³/mol. The van der Waals surface area contributed by atoms with Crippen molar-refractivity contribution in [2.45, 2.75) is 38.6 Å². The molecular formula is C15H23NO. The van der Waals surface area contributed by atoms with E-state index in [0.29, 0.717) is 6.04 Å². The Hall–Kier alpha value is -1.02. The van der Waals surface area contributed by atoms with Gasteiger partial charge in [0, 0.05) is 6.04 Å². The number of nitrogens with one attached hydrogen (secondary N) is 1. The molecule has 2 rings (SSSR count). The van der Waals surface area contributed by atoms with Gasteiger partial charge in [-0.3, -0.25) is 0 Å². The number of methoxy groups -OCH3 is 1. The first kappa shape index (κ1) is 12.4. The van der Waals surface area contributed by atoms with E-state index in [9.17, 15) is 0 Å². The van der Waals surface area contributed by atoms with Crippen molar-refractivity contribution in [3.8, 4) is 5.75 Å². The van der Waals surface area contributed by atoms with Crippen LogP contribution in [0.15, 0.2) is 18.2 Å². The van der Waals surface area contributed by atoms with E-state index >= 15 is 0 Å². The molecule has 1 atom stereocenters. The Labute approximate surface area is 104 Å². The van der Waals surface area contributed by atoms with Crippen molar-refractivity contribution in [2.24, 2.45) is 5.92 Å². The predicted octanol–water partition coefficient (Wildman–Crippen LogP) is 2.93. The maximum atomic E-state index is 5.23. The molecule has 0 aromatic heterocycles. The van der Waals surface area contributed by atoms with Crippen molar-refractivity contribution in [3.05, 3.63) is 29.3 Å². The molecule has 0 saturated heterocycles. The van der Waals surface area contributed by atoms with E-state index in [0.717, 1.165) is 18.1 Å². The first-order valence-electron chi connectivity index (χ1n) is 6.55. The van der Waals surface area contributed by atoms with E-state index in [1.165, 1.54) is 30.4 Å². The zero-order valence-corrected chi connectivity index (χ0v) is 11.1. The maximum Gasteiger partial charge on any atom is 0.119 e. The number of ether oxygens (including phenoxy) is 1. The fourth-order valence-electron chi connectivity index (χ4n) is 2.50. The van der Waals surface area contributed by atoms with Gasteiger partial charge in [-0.2, -0.15) is 0 Å². The summed E-state index contributed by atoms with van der Waals surface area (Å²) in [5.41, 5.74) is 2.79. The zero-order valence-electron chi connectivity index (χ0n) is 11.1. The standard InChI is InChI=1S/C15H23NO/c1-11-10-14(17-3)8-6-12(11)7-9-15(16-2)13-4-5-13/h6,8,10,13,15-16H,4-5,7,9H2,1-3H3. The highest BCUT2D eigenvalue weighted by Crippen LogP contribution is 2.34. The second-order valence-corrected chi connectivity index (χ2v) is 5.06. The van der Waals surface area contributed by atoms with Crippen LogP contribution in [-0.4, -0.2) is 20.2 Å². The minimum Gasteiger partial charge on any atom is -0.497 e. The highest BCUT2D eigenvalue weighted by atomic mass is 16.5. The molecule has 0 radical (unpaired) electrons. The molecule has 1 saturated carbocycles. The Bertz CT molecular complexity index is 371. The molecule has 1 fully saturated rings. The van der Waals surface area contributed by atoms with Crippen molar-refractivity contribution in [1.82, 2.24) is 5.32 Å². The number of hydrogen-bond acceptors (Lipinski definition) is 2. The highest BCUT2D eigenvalue weighted by molar-refractivity contribution is 5.34. The fourth-order valence-corrected chi connectivity index (χ4v) is 2.50. The van der Waals surface area contributed by atoms with Crippen molar-refractivity contribution in [2.75, 3.05) is 14.2 Å². The molecular weight excluding hydrogens is 210 g/mol. The lowest BCUT2D eigenvalue weighted by molar-refractivity contribution is 0.414. The Morgan fingerprint density at radius 3 is 2.71 bits per heavy atom. The van der Waals surface area contributed by atoms with E-state index in [-0.39, 0.29) is 0 Å². The molecule has 2 heteroatoms. The Morgan fingerprint density at radius 2 is 2.18 bits per heavy atom. The summed E-state index contributed by atoms with van der Waals surface area (Å²) in [6, 6.07) is 7.10. The first-order chi connectivity index (χ1) is 8.24. The largest absolute Gasteiger partial charge is 0.497 e. The molecule has 1 aliphatic carbocycles. The van der Waals surface area contributed by atoms with E-state index in [1.54, 1.807) is 7.11 Å². The van der Waals surface area contributed by atoms with E-state index < -0.39 is 0 Å². The van der Waals surface area contributed by atoms with Gasteiger partial charge in [0.15, 0.2) is 0 Å². The molecule has 94 valence electrons. The summed E-state index contributed by atoms with van der Waals surface area (Å²) in [6.45, 7) is 2.17. The molecule has 0 heterocycles. The summed E-state index contributed by atoms with van der Waals surface area (Å²) < 4.78 is 5.23. The lowest BCUT2D eigenvalue weighted by Crippen LogP contribution is -2.27. The molecule has 1 unspecified atom stereocenters. The van der Waals surface area contributed by atoms with Crippen molar-refractivity contribution in [1.29, 1.82) is 0 Å². The lowest BCUT2D eigenvalue weighted by atomic mass is 9.99. The van der Waals surface area contributed by atoms with Gasteiger partial charge in [-0.25, -0.2) is 0 Å². The minimum absolute atomic E-state index is 0.705. The fraction of sp³-hybridized carbons (Fsp3) is 0.600. The third kappa shape index (κ3) is 3.22. The summed E-state index contributed by atoms with van der Waals surface area (Å²) in [5.74, 6) is 1.89. The number of benzene rings is 1.